The summed E-state index contributed by atoms with van der Waals surface area (Å²) in [5.74, 6) is -1.99. The Hall–Kier alpha value is -5.25. The molecular weight excluding hydrogens is 550 g/mol. The monoisotopic (exact) mass is 577 g/mol. The summed E-state index contributed by atoms with van der Waals surface area (Å²) < 4.78 is 5.39. The predicted octanol–water partition coefficient (Wildman–Crippen LogP) is 5.84. The van der Waals surface area contributed by atoms with Crippen LogP contribution in [0.15, 0.2) is 72.8 Å². The lowest BCUT2D eigenvalue weighted by atomic mass is 9.81. The molecule has 0 radical (unpaired) electrons. The van der Waals surface area contributed by atoms with Gasteiger partial charge in [-0.25, -0.2) is 9.78 Å². The molecule has 43 heavy (non-hydrogen) atoms. The number of anilines is 1. The fraction of sp³-hybridized carbons (Fsp3) is 0.242. The van der Waals surface area contributed by atoms with Crippen molar-refractivity contribution in [2.24, 2.45) is 11.8 Å². The summed E-state index contributed by atoms with van der Waals surface area (Å²) in [6, 6.07) is 19.1. The number of amides is 2. The van der Waals surface area contributed by atoms with Gasteiger partial charge in [0.2, 0.25) is 11.8 Å². The molecule has 216 valence electrons. The maximum atomic E-state index is 13.3. The molecule has 1 aliphatic heterocycles. The fourth-order valence-electron chi connectivity index (χ4n) is 5.92. The third kappa shape index (κ3) is 5.27. The molecule has 1 aliphatic carbocycles. The quantitative estimate of drug-likeness (QED) is 0.0879. The average molecular weight is 578 g/mol. The zero-order chi connectivity index (χ0) is 30.2. The first-order valence-corrected chi connectivity index (χ1v) is 14.1. The molecule has 2 unspecified atom stereocenters. The van der Waals surface area contributed by atoms with Crippen LogP contribution in [-0.4, -0.2) is 40.1 Å². The van der Waals surface area contributed by atoms with Crippen molar-refractivity contribution in [2.45, 2.75) is 32.6 Å². The van der Waals surface area contributed by atoms with E-state index in [0.717, 1.165) is 31.2 Å². The number of non-ortho nitro benzene ring substituents is 1. The van der Waals surface area contributed by atoms with Gasteiger partial charge in [0.25, 0.3) is 5.69 Å². The van der Waals surface area contributed by atoms with Crippen LogP contribution in [0.2, 0.25) is 0 Å². The van der Waals surface area contributed by atoms with Gasteiger partial charge >= 0.3 is 5.97 Å². The molecule has 1 aromatic heterocycles. The van der Waals surface area contributed by atoms with Crippen LogP contribution in [0, 0.1) is 28.9 Å². The molecule has 4 aromatic rings. The molecule has 2 aliphatic rings. The number of nitro groups is 1. The van der Waals surface area contributed by atoms with Crippen molar-refractivity contribution < 1.29 is 28.8 Å². The van der Waals surface area contributed by atoms with Crippen LogP contribution in [0.3, 0.4) is 0 Å². The number of nitrogens with zero attached hydrogens (tertiary/aromatic N) is 3. The number of Topliss-reactive ketones (excluding diaryl/α,β-unsaturated/α-hetero) is 1. The Bertz CT molecular complexity index is 1770. The second kappa shape index (κ2) is 11.2. The standard InChI is InChI=1S/C33H27N3O7/c1-19-6-15-28-26(16-19)27(33(40)43-18-30(37)21-9-13-23(14-10-21)36(41)42)17-29(34-28)20-7-11-22(12-8-20)35-31(38)24-4-2-3-5-25(24)32(35)39/h6-17,24-25H,2-5,18H2,1H3. The van der Waals surface area contributed by atoms with Crippen molar-refractivity contribution in [2.75, 3.05) is 11.5 Å². The van der Waals surface area contributed by atoms with E-state index in [0.29, 0.717) is 27.8 Å². The zero-order valence-corrected chi connectivity index (χ0v) is 23.3. The van der Waals surface area contributed by atoms with Gasteiger partial charge in [-0.2, -0.15) is 0 Å². The van der Waals surface area contributed by atoms with Gasteiger partial charge in [-0.3, -0.25) is 29.4 Å². The molecule has 3 aromatic carbocycles. The van der Waals surface area contributed by atoms with E-state index in [1.807, 2.05) is 19.1 Å². The number of ketones is 1. The van der Waals surface area contributed by atoms with E-state index in [9.17, 15) is 29.3 Å². The molecule has 2 amide bonds. The predicted molar refractivity (Wildman–Crippen MR) is 158 cm³/mol. The van der Waals surface area contributed by atoms with Crippen LogP contribution in [0.5, 0.6) is 0 Å². The molecule has 1 saturated heterocycles. The summed E-state index contributed by atoms with van der Waals surface area (Å²) in [7, 11) is 0. The van der Waals surface area contributed by atoms with Gasteiger partial charge in [-0.15, -0.1) is 0 Å². The van der Waals surface area contributed by atoms with Crippen LogP contribution in [0.25, 0.3) is 22.2 Å². The van der Waals surface area contributed by atoms with Gasteiger partial charge in [0, 0.05) is 28.6 Å². The maximum absolute atomic E-state index is 13.3. The highest BCUT2D eigenvalue weighted by atomic mass is 16.6. The number of rotatable bonds is 7. The molecule has 2 atom stereocenters. The Balaban J connectivity index is 1.26. The Kier molecular flexibility index (Phi) is 7.27. The molecule has 2 heterocycles. The summed E-state index contributed by atoms with van der Waals surface area (Å²) in [6.45, 7) is 1.34. The summed E-state index contributed by atoms with van der Waals surface area (Å²) in [5.41, 5.74) is 3.36. The maximum Gasteiger partial charge on any atom is 0.339 e. The highest BCUT2D eigenvalue weighted by Gasteiger charge is 2.48. The van der Waals surface area contributed by atoms with E-state index < -0.39 is 23.3 Å². The minimum atomic E-state index is -0.720. The molecule has 2 fully saturated rings. The van der Waals surface area contributed by atoms with E-state index in [4.69, 9.17) is 9.72 Å². The van der Waals surface area contributed by atoms with Crippen LogP contribution in [0.1, 0.15) is 52.0 Å². The second-order valence-electron chi connectivity index (χ2n) is 10.9. The number of benzene rings is 3. The molecule has 1 saturated carbocycles. The van der Waals surface area contributed by atoms with Crippen LogP contribution < -0.4 is 4.90 Å². The van der Waals surface area contributed by atoms with Gasteiger partial charge in [0.15, 0.2) is 12.4 Å². The van der Waals surface area contributed by atoms with Crippen molar-refractivity contribution in [1.29, 1.82) is 0 Å². The number of aryl methyl sites for hydroxylation is 1. The van der Waals surface area contributed by atoms with E-state index >= 15 is 0 Å². The fourth-order valence-corrected chi connectivity index (χ4v) is 5.92. The average Bonchev–Trinajstić information content (AvgIpc) is 3.28. The Morgan fingerprint density at radius 1 is 0.930 bits per heavy atom. The van der Waals surface area contributed by atoms with Gasteiger partial charge in [-0.05, 0) is 62.2 Å². The third-order valence-corrected chi connectivity index (χ3v) is 8.18. The number of hydrogen-bond acceptors (Lipinski definition) is 8. The number of nitro benzene ring substituents is 1. The first kappa shape index (κ1) is 27.9. The lowest BCUT2D eigenvalue weighted by Crippen LogP contribution is -2.30. The second-order valence-corrected chi connectivity index (χ2v) is 10.9. The van der Waals surface area contributed by atoms with E-state index in [1.165, 1.54) is 29.2 Å². The molecule has 0 bridgehead atoms. The normalized spacial score (nSPS) is 18.0. The number of aromatic nitrogens is 1. The van der Waals surface area contributed by atoms with Crippen molar-refractivity contribution in [1.82, 2.24) is 4.98 Å². The highest BCUT2D eigenvalue weighted by Crippen LogP contribution is 2.40. The smallest absolute Gasteiger partial charge is 0.339 e. The third-order valence-electron chi connectivity index (χ3n) is 8.18. The number of hydrogen-bond donors (Lipinski definition) is 0. The largest absolute Gasteiger partial charge is 0.454 e. The molecule has 6 rings (SSSR count). The summed E-state index contributed by atoms with van der Waals surface area (Å²) >= 11 is 0. The molecular formula is C33H27N3O7. The number of pyridine rings is 1. The zero-order valence-electron chi connectivity index (χ0n) is 23.3. The Morgan fingerprint density at radius 3 is 2.21 bits per heavy atom. The number of carbonyl (C=O) groups is 4. The first-order chi connectivity index (χ1) is 20.7. The van der Waals surface area contributed by atoms with E-state index in [-0.39, 0.29) is 40.5 Å². The summed E-state index contributed by atoms with van der Waals surface area (Å²) in [4.78, 5) is 68.3. The van der Waals surface area contributed by atoms with Gasteiger partial charge in [0.1, 0.15) is 0 Å². The van der Waals surface area contributed by atoms with Gasteiger partial charge < -0.3 is 4.74 Å². The molecule has 10 nitrogen and oxygen atoms in total. The number of esters is 1. The highest BCUT2D eigenvalue weighted by molar-refractivity contribution is 6.22. The number of ether oxygens (including phenoxy) is 1. The molecule has 0 N–H and O–H groups in total. The van der Waals surface area contributed by atoms with Gasteiger partial charge in [0.05, 0.1) is 39.2 Å². The van der Waals surface area contributed by atoms with Crippen molar-refractivity contribution in [3.8, 4) is 11.3 Å². The van der Waals surface area contributed by atoms with Gasteiger partial charge in [-0.1, -0.05) is 36.6 Å². The summed E-state index contributed by atoms with van der Waals surface area (Å²) in [5, 5.41) is 11.4. The minimum absolute atomic E-state index is 0.144. The molecule has 10 heteroatoms. The van der Waals surface area contributed by atoms with Crippen LogP contribution in [-0.2, 0) is 14.3 Å². The van der Waals surface area contributed by atoms with Crippen molar-refractivity contribution in [3.05, 3.63) is 99.6 Å². The number of fused-ring (bicyclic) bond motifs is 2. The Labute approximate surface area is 246 Å². The number of carbonyl (C=O) groups excluding carboxylic acids is 4. The van der Waals surface area contributed by atoms with Crippen molar-refractivity contribution in [3.63, 3.8) is 0 Å². The van der Waals surface area contributed by atoms with Crippen molar-refractivity contribution >= 4 is 45.8 Å². The summed E-state index contributed by atoms with van der Waals surface area (Å²) in [6.07, 6.45) is 3.39. The number of imide groups is 1. The SMILES string of the molecule is Cc1ccc2nc(-c3ccc(N4C(=O)C5CCCCC5C4=O)cc3)cc(C(=O)OCC(=O)c3ccc([N+](=O)[O-])cc3)c2c1. The van der Waals surface area contributed by atoms with Crippen LogP contribution >= 0.6 is 0 Å². The topological polar surface area (TPSA) is 137 Å². The lowest BCUT2D eigenvalue weighted by molar-refractivity contribution is -0.384. The molecule has 0 spiro atoms. The van der Waals surface area contributed by atoms with E-state index in [1.54, 1.807) is 36.4 Å². The lowest BCUT2D eigenvalue weighted by Gasteiger charge is -2.19. The van der Waals surface area contributed by atoms with Crippen LogP contribution in [0.4, 0.5) is 11.4 Å². The Morgan fingerprint density at radius 2 is 1.58 bits per heavy atom. The van der Waals surface area contributed by atoms with E-state index in [2.05, 4.69) is 0 Å². The minimum Gasteiger partial charge on any atom is -0.454 e. The first-order valence-electron chi connectivity index (χ1n) is 14.1.